The van der Waals surface area contributed by atoms with Crippen molar-refractivity contribution < 1.29 is 0 Å². The van der Waals surface area contributed by atoms with Gasteiger partial charge >= 0.3 is 0 Å². The molecule has 8 rings (SSSR count). The summed E-state index contributed by atoms with van der Waals surface area (Å²) in [5, 5.41) is 0. The van der Waals surface area contributed by atoms with Crippen molar-refractivity contribution in [1.82, 2.24) is 0 Å². The van der Waals surface area contributed by atoms with Crippen molar-refractivity contribution in [3.05, 3.63) is 198 Å². The summed E-state index contributed by atoms with van der Waals surface area (Å²) in [6.45, 7) is 4.86. The molecule has 5 aromatic rings. The number of anilines is 4. The van der Waals surface area contributed by atoms with E-state index in [1.54, 1.807) is 0 Å². The summed E-state index contributed by atoms with van der Waals surface area (Å²) in [7, 11) is 0. The summed E-state index contributed by atoms with van der Waals surface area (Å²) < 4.78 is 0. The zero-order valence-corrected chi connectivity index (χ0v) is 28.3. The predicted octanol–water partition coefficient (Wildman–Crippen LogP) is 12.3. The smallest absolute Gasteiger partial charge is 0.0559 e. The summed E-state index contributed by atoms with van der Waals surface area (Å²) in [4.78, 5) is 4.86. The maximum absolute atomic E-state index is 2.43. The van der Waals surface area contributed by atoms with Crippen LogP contribution in [0.25, 0.3) is 17.7 Å². The molecule has 3 aliphatic rings. The van der Waals surface area contributed by atoms with Gasteiger partial charge in [-0.05, 0) is 107 Å². The van der Waals surface area contributed by atoms with E-state index in [1.165, 1.54) is 56.3 Å². The third kappa shape index (κ3) is 6.00. The molecule has 0 bridgehead atoms. The lowest BCUT2D eigenvalue weighted by Crippen LogP contribution is -2.29. The first-order chi connectivity index (χ1) is 24.1. The molecular formula is C47H42N2. The topological polar surface area (TPSA) is 6.48 Å². The molecule has 2 heteroatoms. The highest BCUT2D eigenvalue weighted by molar-refractivity contribution is 5.83. The van der Waals surface area contributed by atoms with Gasteiger partial charge in [-0.2, -0.15) is 0 Å². The monoisotopic (exact) mass is 634 g/mol. The molecule has 0 heterocycles. The van der Waals surface area contributed by atoms with Gasteiger partial charge in [-0.25, -0.2) is 0 Å². The number of nitrogens with zero attached hydrogens (tertiary/aromatic N) is 2. The second-order valence-corrected chi connectivity index (χ2v) is 13.8. The molecule has 0 aromatic heterocycles. The zero-order valence-electron chi connectivity index (χ0n) is 28.3. The molecule has 2 atom stereocenters. The molecule has 5 aromatic carbocycles. The Morgan fingerprint density at radius 1 is 0.612 bits per heavy atom. The predicted molar refractivity (Wildman–Crippen MR) is 209 cm³/mol. The van der Waals surface area contributed by atoms with E-state index in [2.05, 4.69) is 206 Å². The van der Waals surface area contributed by atoms with Gasteiger partial charge in [-0.15, -0.1) is 0 Å². The molecule has 0 saturated carbocycles. The number of fused-ring (bicyclic) bond motifs is 3. The highest BCUT2D eigenvalue weighted by Crippen LogP contribution is 2.55. The van der Waals surface area contributed by atoms with Crippen molar-refractivity contribution in [2.75, 3.05) is 9.80 Å². The second-order valence-electron chi connectivity index (χ2n) is 13.8. The molecule has 0 amide bonds. The number of rotatable bonds is 8. The van der Waals surface area contributed by atoms with Crippen molar-refractivity contribution in [2.24, 2.45) is 5.92 Å². The summed E-state index contributed by atoms with van der Waals surface area (Å²) in [5.41, 5.74) is 12.9. The van der Waals surface area contributed by atoms with Crippen LogP contribution in [0.5, 0.6) is 0 Å². The first kappa shape index (κ1) is 30.7. The Morgan fingerprint density at radius 2 is 1.20 bits per heavy atom. The van der Waals surface area contributed by atoms with Crippen LogP contribution in [0, 0.1) is 5.92 Å². The van der Waals surface area contributed by atoms with E-state index < -0.39 is 0 Å². The molecule has 3 aliphatic carbocycles. The molecule has 0 N–H and O–H groups in total. The number of hydrogen-bond donors (Lipinski definition) is 0. The van der Waals surface area contributed by atoms with Gasteiger partial charge in [0.25, 0.3) is 0 Å². The van der Waals surface area contributed by atoms with E-state index in [0.29, 0.717) is 12.0 Å². The number of allylic oxidation sites excluding steroid dienone is 6. The standard InChI is InChI=1S/C47H42N2/c1-47(2)45-33-36(24-23-35-25-28-41(29-26-35)48(37-15-7-3-8-16-37)38-17-9-4-10-18-38)27-31-43(45)44-32-30-42(34-46(44)47)49(39-19-11-5-12-20-39)40-21-13-6-14-22-40/h3-17,19-33,38,46H,18,34H2,1-2H3/b24-23+. The largest absolute Gasteiger partial charge is 0.334 e. The maximum Gasteiger partial charge on any atom is 0.0559 e. The van der Waals surface area contributed by atoms with Gasteiger partial charge in [0.05, 0.1) is 6.04 Å². The van der Waals surface area contributed by atoms with Gasteiger partial charge in [0.2, 0.25) is 0 Å². The maximum atomic E-state index is 2.43. The first-order valence-corrected chi connectivity index (χ1v) is 17.5. The minimum Gasteiger partial charge on any atom is -0.334 e. The fraction of sp³-hybridized carbons (Fsp3) is 0.149. The van der Waals surface area contributed by atoms with Crippen LogP contribution < -0.4 is 9.80 Å². The lowest BCUT2D eigenvalue weighted by atomic mass is 9.73. The minimum atomic E-state index is 0.00880. The third-order valence-electron chi connectivity index (χ3n) is 10.4. The van der Waals surface area contributed by atoms with Gasteiger partial charge in [-0.1, -0.05) is 141 Å². The van der Waals surface area contributed by atoms with Crippen LogP contribution in [-0.2, 0) is 5.41 Å². The number of para-hydroxylation sites is 3. The second kappa shape index (κ2) is 13.1. The third-order valence-corrected chi connectivity index (χ3v) is 10.4. The molecule has 2 unspecified atom stereocenters. The molecule has 0 saturated heterocycles. The molecule has 0 radical (unpaired) electrons. The van der Waals surface area contributed by atoms with Crippen LogP contribution in [0.15, 0.2) is 176 Å². The molecule has 0 aliphatic heterocycles. The van der Waals surface area contributed by atoms with E-state index in [0.717, 1.165) is 12.8 Å². The lowest BCUT2D eigenvalue weighted by molar-refractivity contribution is 0.406. The van der Waals surface area contributed by atoms with Crippen LogP contribution in [-0.4, -0.2) is 6.04 Å². The van der Waals surface area contributed by atoms with Crippen LogP contribution in [0.2, 0.25) is 0 Å². The quantitative estimate of drug-likeness (QED) is 0.157. The highest BCUT2D eigenvalue weighted by atomic mass is 15.2. The van der Waals surface area contributed by atoms with Crippen molar-refractivity contribution >= 4 is 40.5 Å². The van der Waals surface area contributed by atoms with Crippen molar-refractivity contribution in [3.63, 3.8) is 0 Å². The average molecular weight is 635 g/mol. The van der Waals surface area contributed by atoms with Crippen molar-refractivity contribution in [3.8, 4) is 0 Å². The zero-order chi connectivity index (χ0) is 33.2. The molecule has 2 nitrogen and oxygen atoms in total. The molecule has 49 heavy (non-hydrogen) atoms. The fourth-order valence-corrected chi connectivity index (χ4v) is 7.87. The van der Waals surface area contributed by atoms with Crippen molar-refractivity contribution in [2.45, 2.75) is 38.1 Å². The molecule has 0 spiro atoms. The number of hydrogen-bond acceptors (Lipinski definition) is 2. The Morgan fingerprint density at radius 3 is 1.84 bits per heavy atom. The van der Waals surface area contributed by atoms with E-state index in [4.69, 9.17) is 0 Å². The molecular weight excluding hydrogens is 593 g/mol. The fourth-order valence-electron chi connectivity index (χ4n) is 7.87. The van der Waals surface area contributed by atoms with Gasteiger partial charge < -0.3 is 9.80 Å². The summed E-state index contributed by atoms with van der Waals surface area (Å²) >= 11 is 0. The highest BCUT2D eigenvalue weighted by Gasteiger charge is 2.44. The van der Waals surface area contributed by atoms with Crippen LogP contribution in [0.1, 0.15) is 48.9 Å². The molecule has 240 valence electrons. The van der Waals surface area contributed by atoms with Gasteiger partial charge in [-0.3, -0.25) is 0 Å². The van der Waals surface area contributed by atoms with Crippen LogP contribution >= 0.6 is 0 Å². The van der Waals surface area contributed by atoms with E-state index in [1.807, 2.05) is 0 Å². The Balaban J connectivity index is 1.04. The van der Waals surface area contributed by atoms with E-state index in [-0.39, 0.29) is 5.41 Å². The Kier molecular flexibility index (Phi) is 8.23. The SMILES string of the molecule is CC1(C)c2cc(/C=C/c3ccc(N(c4ccccc4)C4C=CC=CC4)cc3)ccc2C2=CC=C(N(c3ccccc3)c3ccccc3)CC21. The Labute approximate surface area is 291 Å². The van der Waals surface area contributed by atoms with Crippen molar-refractivity contribution in [1.29, 1.82) is 0 Å². The van der Waals surface area contributed by atoms with Gasteiger partial charge in [0.15, 0.2) is 0 Å². The van der Waals surface area contributed by atoms with E-state index in [9.17, 15) is 0 Å². The Bertz CT molecular complexity index is 2040. The van der Waals surface area contributed by atoms with Crippen LogP contribution in [0.3, 0.4) is 0 Å². The van der Waals surface area contributed by atoms with Crippen LogP contribution in [0.4, 0.5) is 22.7 Å². The van der Waals surface area contributed by atoms with Gasteiger partial charge in [0, 0.05) is 28.4 Å². The summed E-state index contributed by atoms with van der Waals surface area (Å²) in [5.74, 6) is 0.409. The normalized spacial score (nSPS) is 18.8. The average Bonchev–Trinajstić information content (AvgIpc) is 3.38. The Hall–Kier alpha value is -5.60. The number of benzene rings is 5. The molecule has 0 fully saturated rings. The van der Waals surface area contributed by atoms with Gasteiger partial charge in [0.1, 0.15) is 0 Å². The first-order valence-electron chi connectivity index (χ1n) is 17.5. The minimum absolute atomic E-state index is 0.00880. The lowest BCUT2D eigenvalue weighted by Gasteiger charge is -2.36. The summed E-state index contributed by atoms with van der Waals surface area (Å²) in [6, 6.07) is 48.5. The summed E-state index contributed by atoms with van der Waals surface area (Å²) in [6.07, 6.45) is 20.1. The van der Waals surface area contributed by atoms with E-state index >= 15 is 0 Å².